The molecule has 2 aromatic rings. The number of morpholine rings is 1. The van der Waals surface area contributed by atoms with E-state index < -0.39 is 10.0 Å². The van der Waals surface area contributed by atoms with Crippen molar-refractivity contribution < 1.29 is 13.2 Å². The van der Waals surface area contributed by atoms with Gasteiger partial charge in [0.1, 0.15) is 4.90 Å². The monoisotopic (exact) mass is 457 g/mol. The van der Waals surface area contributed by atoms with Crippen molar-refractivity contribution in [3.05, 3.63) is 40.5 Å². The van der Waals surface area contributed by atoms with Gasteiger partial charge in [-0.25, -0.2) is 8.42 Å². The summed E-state index contributed by atoms with van der Waals surface area (Å²) in [7, 11) is -3.71. The first-order valence-corrected chi connectivity index (χ1v) is 11.5. The van der Waals surface area contributed by atoms with Crippen molar-refractivity contribution in [2.24, 2.45) is 0 Å². The average molecular weight is 458 g/mol. The van der Waals surface area contributed by atoms with Crippen molar-refractivity contribution in [1.29, 1.82) is 0 Å². The van der Waals surface area contributed by atoms with E-state index >= 15 is 0 Å². The Bertz CT molecular complexity index is 977. The second-order valence-electron chi connectivity index (χ2n) is 6.84. The molecule has 29 heavy (non-hydrogen) atoms. The summed E-state index contributed by atoms with van der Waals surface area (Å²) in [6.07, 6.45) is 1.71. The van der Waals surface area contributed by atoms with Crippen LogP contribution in [0.15, 0.2) is 35.4 Å². The van der Waals surface area contributed by atoms with Gasteiger partial charge in [0, 0.05) is 50.4 Å². The molecule has 0 spiro atoms. The minimum Gasteiger partial charge on any atom is -0.378 e. The van der Waals surface area contributed by atoms with Crippen molar-refractivity contribution in [1.82, 2.24) is 14.5 Å². The molecule has 8 nitrogen and oxygen atoms in total. The molecule has 11 heteroatoms. The highest BCUT2D eigenvalue weighted by Gasteiger charge is 2.30. The van der Waals surface area contributed by atoms with Gasteiger partial charge in [0.05, 0.1) is 30.1 Å². The third kappa shape index (κ3) is 4.44. The molecule has 0 amide bonds. The summed E-state index contributed by atoms with van der Waals surface area (Å²) in [4.78, 5) is 4.30. The molecule has 0 bridgehead atoms. The normalized spacial score (nSPS) is 18.8. The number of hydrogen-bond acceptors (Lipinski definition) is 7. The van der Waals surface area contributed by atoms with Crippen LogP contribution in [0.25, 0.3) is 0 Å². The number of ether oxygens (including phenoxy) is 1. The van der Waals surface area contributed by atoms with Crippen LogP contribution in [-0.4, -0.2) is 75.4 Å². The molecule has 0 unspecified atom stereocenters. The largest absolute Gasteiger partial charge is 0.378 e. The Morgan fingerprint density at radius 3 is 2.38 bits per heavy atom. The zero-order valence-electron chi connectivity index (χ0n) is 15.7. The van der Waals surface area contributed by atoms with E-state index in [0.29, 0.717) is 44.4 Å². The molecule has 4 rings (SSSR count). The summed E-state index contributed by atoms with van der Waals surface area (Å²) in [6.45, 7) is 4.70. The van der Waals surface area contributed by atoms with Gasteiger partial charge in [-0.3, -0.25) is 0 Å². The summed E-state index contributed by atoms with van der Waals surface area (Å²) >= 11 is 12.1. The molecular formula is C18H21Cl2N5O3S. The third-order valence-electron chi connectivity index (χ3n) is 5.08. The maximum atomic E-state index is 13.0. The molecule has 0 radical (unpaired) electrons. The van der Waals surface area contributed by atoms with E-state index in [1.165, 1.54) is 16.4 Å². The molecule has 1 aromatic heterocycles. The van der Waals surface area contributed by atoms with Gasteiger partial charge in [-0.15, -0.1) is 5.10 Å². The van der Waals surface area contributed by atoms with Crippen molar-refractivity contribution in [2.75, 3.05) is 62.3 Å². The number of hydrogen-bond donors (Lipinski definition) is 0. The molecule has 156 valence electrons. The van der Waals surface area contributed by atoms with Crippen LogP contribution in [-0.2, 0) is 14.8 Å². The first-order chi connectivity index (χ1) is 13.9. The Kier molecular flexibility index (Phi) is 6.12. The van der Waals surface area contributed by atoms with Gasteiger partial charge in [0.2, 0.25) is 10.0 Å². The van der Waals surface area contributed by atoms with E-state index in [2.05, 4.69) is 20.0 Å². The Hall–Kier alpha value is -1.65. The highest BCUT2D eigenvalue weighted by atomic mass is 35.5. The van der Waals surface area contributed by atoms with Gasteiger partial charge < -0.3 is 14.5 Å². The van der Waals surface area contributed by atoms with Crippen LogP contribution in [0, 0.1) is 0 Å². The SMILES string of the molecule is O=S(=O)(c1cc(Cl)ccc1Cl)N1CCN(c2cnnc(N3CCOCC3)c2)CC1. The van der Waals surface area contributed by atoms with E-state index in [4.69, 9.17) is 27.9 Å². The number of rotatable bonds is 4. The van der Waals surface area contributed by atoms with Crippen molar-refractivity contribution >= 4 is 44.7 Å². The number of nitrogens with zero attached hydrogens (tertiary/aromatic N) is 5. The van der Waals surface area contributed by atoms with Crippen LogP contribution < -0.4 is 9.80 Å². The lowest BCUT2D eigenvalue weighted by Gasteiger charge is -2.35. The summed E-state index contributed by atoms with van der Waals surface area (Å²) < 4.78 is 32.8. The fourth-order valence-corrected chi connectivity index (χ4v) is 5.63. The predicted octanol–water partition coefficient (Wildman–Crippen LogP) is 2.13. The summed E-state index contributed by atoms with van der Waals surface area (Å²) in [6, 6.07) is 6.47. The minimum atomic E-state index is -3.71. The maximum absolute atomic E-state index is 13.0. The van der Waals surface area contributed by atoms with Gasteiger partial charge in [0.15, 0.2) is 5.82 Å². The van der Waals surface area contributed by atoms with Gasteiger partial charge in [-0.05, 0) is 18.2 Å². The zero-order valence-corrected chi connectivity index (χ0v) is 18.0. The van der Waals surface area contributed by atoms with Gasteiger partial charge in [-0.2, -0.15) is 9.40 Å². The smallest absolute Gasteiger partial charge is 0.244 e. The van der Waals surface area contributed by atoms with E-state index in [9.17, 15) is 8.42 Å². The number of sulfonamides is 1. The third-order valence-corrected chi connectivity index (χ3v) is 7.69. The zero-order chi connectivity index (χ0) is 20.4. The number of piperazine rings is 1. The minimum absolute atomic E-state index is 0.0419. The second-order valence-corrected chi connectivity index (χ2v) is 9.59. The van der Waals surface area contributed by atoms with Crippen molar-refractivity contribution in [3.8, 4) is 0 Å². The summed E-state index contributed by atoms with van der Waals surface area (Å²) in [5, 5.41) is 8.87. The van der Waals surface area contributed by atoms with Crippen LogP contribution in [0.5, 0.6) is 0 Å². The van der Waals surface area contributed by atoms with E-state index in [-0.39, 0.29) is 9.92 Å². The van der Waals surface area contributed by atoms with Gasteiger partial charge in [-0.1, -0.05) is 23.2 Å². The van der Waals surface area contributed by atoms with Gasteiger partial charge in [0.25, 0.3) is 0 Å². The van der Waals surface area contributed by atoms with E-state index in [1.807, 2.05) is 6.07 Å². The first kappa shape index (κ1) is 20.6. The maximum Gasteiger partial charge on any atom is 0.244 e. The molecule has 0 N–H and O–H groups in total. The van der Waals surface area contributed by atoms with Crippen molar-refractivity contribution in [3.63, 3.8) is 0 Å². The first-order valence-electron chi connectivity index (χ1n) is 9.31. The Balaban J connectivity index is 1.46. The Labute approximate surface area is 180 Å². The standard InChI is InChI=1S/C18H21Cl2N5O3S/c19-14-1-2-16(20)17(11-14)29(26,27)25-5-3-23(4-6-25)15-12-18(22-21-13-15)24-7-9-28-10-8-24/h1-2,11-13H,3-10H2. The molecule has 0 atom stereocenters. The Morgan fingerprint density at radius 2 is 1.66 bits per heavy atom. The predicted molar refractivity (Wildman–Crippen MR) is 112 cm³/mol. The highest BCUT2D eigenvalue weighted by Crippen LogP contribution is 2.29. The lowest BCUT2D eigenvalue weighted by Crippen LogP contribution is -2.48. The van der Waals surface area contributed by atoms with Crippen LogP contribution in [0.3, 0.4) is 0 Å². The van der Waals surface area contributed by atoms with Crippen LogP contribution in [0.4, 0.5) is 11.5 Å². The average Bonchev–Trinajstić information content (AvgIpc) is 2.76. The second kappa shape index (κ2) is 8.61. The fraction of sp³-hybridized carbons (Fsp3) is 0.444. The van der Waals surface area contributed by atoms with Crippen molar-refractivity contribution in [2.45, 2.75) is 4.90 Å². The summed E-state index contributed by atoms with van der Waals surface area (Å²) in [5.74, 6) is 0.812. The number of aromatic nitrogens is 2. The highest BCUT2D eigenvalue weighted by molar-refractivity contribution is 7.89. The van der Waals surface area contributed by atoms with Crippen LogP contribution in [0.1, 0.15) is 0 Å². The molecule has 3 heterocycles. The Morgan fingerprint density at radius 1 is 0.931 bits per heavy atom. The lowest BCUT2D eigenvalue weighted by molar-refractivity contribution is 0.122. The molecule has 2 fully saturated rings. The van der Waals surface area contributed by atoms with Crippen LogP contribution >= 0.6 is 23.2 Å². The number of benzene rings is 1. The molecule has 1 aromatic carbocycles. The number of halogens is 2. The molecule has 2 aliphatic rings. The molecule has 2 aliphatic heterocycles. The lowest BCUT2D eigenvalue weighted by atomic mass is 10.3. The molecule has 0 aliphatic carbocycles. The molecule has 0 saturated carbocycles. The molecular weight excluding hydrogens is 437 g/mol. The quantitative estimate of drug-likeness (QED) is 0.695. The molecule has 2 saturated heterocycles. The fourth-order valence-electron chi connectivity index (χ4n) is 3.47. The topological polar surface area (TPSA) is 78.9 Å². The van der Waals surface area contributed by atoms with Gasteiger partial charge >= 0.3 is 0 Å². The van der Waals surface area contributed by atoms with E-state index in [0.717, 1.165) is 24.6 Å². The van der Waals surface area contributed by atoms with E-state index in [1.54, 1.807) is 12.3 Å². The number of anilines is 2. The van der Waals surface area contributed by atoms with Crippen LogP contribution in [0.2, 0.25) is 10.0 Å². The summed E-state index contributed by atoms with van der Waals surface area (Å²) in [5.41, 5.74) is 0.930.